The molecule has 0 saturated carbocycles. The average molecular weight is 290 g/mol. The van der Waals surface area contributed by atoms with E-state index in [1.165, 1.54) is 17.4 Å². The maximum absolute atomic E-state index is 13.2. The van der Waals surface area contributed by atoms with E-state index >= 15 is 0 Å². The van der Waals surface area contributed by atoms with Gasteiger partial charge in [-0.25, -0.2) is 9.37 Å². The van der Waals surface area contributed by atoms with Gasteiger partial charge in [0.1, 0.15) is 5.82 Å². The lowest BCUT2D eigenvalue weighted by molar-refractivity contribution is 0.478. The minimum Gasteiger partial charge on any atom is -0.438 e. The Balaban J connectivity index is 1.83. The lowest BCUT2D eigenvalue weighted by atomic mass is 10.2. The molecule has 0 saturated heterocycles. The lowest BCUT2D eigenvalue weighted by Gasteiger charge is -1.97. The molecule has 0 amide bonds. The van der Waals surface area contributed by atoms with E-state index in [0.717, 1.165) is 33.7 Å². The van der Waals surface area contributed by atoms with Crippen LogP contribution in [0.3, 0.4) is 0 Å². The van der Waals surface area contributed by atoms with Gasteiger partial charge in [-0.3, -0.25) is 0 Å². The van der Waals surface area contributed by atoms with E-state index in [1.807, 2.05) is 6.07 Å². The van der Waals surface area contributed by atoms with Gasteiger partial charge in [-0.1, -0.05) is 13.0 Å². The third-order valence-corrected chi connectivity index (χ3v) is 4.09. The van der Waals surface area contributed by atoms with Crippen molar-refractivity contribution in [1.29, 1.82) is 0 Å². The van der Waals surface area contributed by atoms with Crippen molar-refractivity contribution in [2.45, 2.75) is 19.9 Å². The summed E-state index contributed by atoms with van der Waals surface area (Å²) < 4.78 is 19.8. The SMILES string of the molecule is CCCNCc1ncc(-c2cc3ccc(F)cc3s2)o1. The molecular weight excluding hydrogens is 275 g/mol. The van der Waals surface area contributed by atoms with Crippen LogP contribution in [0.15, 0.2) is 34.9 Å². The van der Waals surface area contributed by atoms with Crippen LogP contribution < -0.4 is 5.32 Å². The van der Waals surface area contributed by atoms with E-state index in [2.05, 4.69) is 17.2 Å². The lowest BCUT2D eigenvalue weighted by Crippen LogP contribution is -2.13. The van der Waals surface area contributed by atoms with Gasteiger partial charge in [0.25, 0.3) is 0 Å². The highest BCUT2D eigenvalue weighted by atomic mass is 32.1. The Morgan fingerprint density at radius 2 is 2.25 bits per heavy atom. The fraction of sp³-hybridized carbons (Fsp3) is 0.267. The maximum Gasteiger partial charge on any atom is 0.208 e. The van der Waals surface area contributed by atoms with Crippen LogP contribution in [0.1, 0.15) is 19.2 Å². The molecule has 3 rings (SSSR count). The van der Waals surface area contributed by atoms with Gasteiger partial charge in [0.15, 0.2) is 5.76 Å². The Morgan fingerprint density at radius 1 is 1.35 bits per heavy atom. The summed E-state index contributed by atoms with van der Waals surface area (Å²) in [6.45, 7) is 3.69. The van der Waals surface area contributed by atoms with E-state index < -0.39 is 0 Å². The molecule has 5 heteroatoms. The van der Waals surface area contributed by atoms with E-state index in [9.17, 15) is 4.39 Å². The van der Waals surface area contributed by atoms with Gasteiger partial charge in [-0.2, -0.15) is 0 Å². The fourth-order valence-corrected chi connectivity index (χ4v) is 3.04. The van der Waals surface area contributed by atoms with E-state index in [0.29, 0.717) is 12.4 Å². The quantitative estimate of drug-likeness (QED) is 0.716. The zero-order chi connectivity index (χ0) is 13.9. The summed E-state index contributed by atoms with van der Waals surface area (Å²) in [6, 6.07) is 6.80. The van der Waals surface area contributed by atoms with Gasteiger partial charge in [0.2, 0.25) is 5.89 Å². The second-order valence-corrected chi connectivity index (χ2v) is 5.67. The summed E-state index contributed by atoms with van der Waals surface area (Å²) in [5, 5.41) is 4.27. The van der Waals surface area contributed by atoms with E-state index in [1.54, 1.807) is 18.3 Å². The Hall–Kier alpha value is -1.72. The number of fused-ring (bicyclic) bond motifs is 1. The summed E-state index contributed by atoms with van der Waals surface area (Å²) in [4.78, 5) is 5.23. The van der Waals surface area contributed by atoms with Gasteiger partial charge in [0.05, 0.1) is 17.6 Å². The Labute approximate surface area is 120 Å². The smallest absolute Gasteiger partial charge is 0.208 e. The number of nitrogens with zero attached hydrogens (tertiary/aromatic N) is 1. The number of oxazole rings is 1. The molecule has 1 aromatic carbocycles. The monoisotopic (exact) mass is 290 g/mol. The van der Waals surface area contributed by atoms with Crippen molar-refractivity contribution in [1.82, 2.24) is 10.3 Å². The molecule has 2 aromatic heterocycles. The molecule has 0 spiro atoms. The predicted molar refractivity (Wildman–Crippen MR) is 79.3 cm³/mol. The second-order valence-electron chi connectivity index (χ2n) is 4.59. The topological polar surface area (TPSA) is 38.1 Å². The fourth-order valence-electron chi connectivity index (χ4n) is 2.00. The third kappa shape index (κ3) is 2.73. The molecule has 0 bridgehead atoms. The first kappa shape index (κ1) is 13.3. The largest absolute Gasteiger partial charge is 0.438 e. The van der Waals surface area contributed by atoms with Gasteiger partial charge < -0.3 is 9.73 Å². The normalized spacial score (nSPS) is 11.3. The number of hydrogen-bond donors (Lipinski definition) is 1. The van der Waals surface area contributed by atoms with Crippen LogP contribution in [-0.4, -0.2) is 11.5 Å². The number of rotatable bonds is 5. The van der Waals surface area contributed by atoms with Crippen LogP contribution in [0.4, 0.5) is 4.39 Å². The highest BCUT2D eigenvalue weighted by molar-refractivity contribution is 7.22. The zero-order valence-electron chi connectivity index (χ0n) is 11.1. The van der Waals surface area contributed by atoms with Gasteiger partial charge in [0, 0.05) is 4.70 Å². The van der Waals surface area contributed by atoms with E-state index in [4.69, 9.17) is 4.42 Å². The molecule has 104 valence electrons. The standard InChI is InChI=1S/C15H15FN2OS/c1-2-5-17-9-15-18-8-12(19-15)14-6-10-3-4-11(16)7-13(10)20-14/h3-4,6-8,17H,2,5,9H2,1H3. The van der Waals surface area contributed by atoms with Crippen LogP contribution in [-0.2, 0) is 6.54 Å². The second kappa shape index (κ2) is 5.73. The highest BCUT2D eigenvalue weighted by Crippen LogP contribution is 2.34. The van der Waals surface area contributed by atoms with E-state index in [-0.39, 0.29) is 5.82 Å². The van der Waals surface area contributed by atoms with Gasteiger partial charge >= 0.3 is 0 Å². The molecule has 3 nitrogen and oxygen atoms in total. The maximum atomic E-state index is 13.2. The number of hydrogen-bond acceptors (Lipinski definition) is 4. The first-order chi connectivity index (χ1) is 9.76. The Bertz CT molecular complexity index is 720. The molecule has 2 heterocycles. The number of benzene rings is 1. The van der Waals surface area contributed by atoms with Crippen molar-refractivity contribution < 1.29 is 8.81 Å². The minimum atomic E-state index is -0.215. The van der Waals surface area contributed by atoms with Crippen LogP contribution in [0.25, 0.3) is 20.7 Å². The molecule has 0 aliphatic carbocycles. The summed E-state index contributed by atoms with van der Waals surface area (Å²) in [5.41, 5.74) is 0. The predicted octanol–water partition coefficient (Wildman–Crippen LogP) is 4.20. The first-order valence-corrected chi connectivity index (χ1v) is 7.43. The molecule has 0 aliphatic rings. The number of halogens is 1. The number of thiophene rings is 1. The van der Waals surface area contributed by atoms with Gasteiger partial charge in [-0.05, 0) is 36.6 Å². The van der Waals surface area contributed by atoms with Crippen LogP contribution >= 0.6 is 11.3 Å². The molecular formula is C15H15FN2OS. The molecule has 0 fully saturated rings. The Morgan fingerprint density at radius 3 is 3.10 bits per heavy atom. The third-order valence-electron chi connectivity index (χ3n) is 2.98. The van der Waals surface area contributed by atoms with Crippen molar-refractivity contribution in [3.63, 3.8) is 0 Å². The molecule has 0 aliphatic heterocycles. The molecule has 20 heavy (non-hydrogen) atoms. The zero-order valence-corrected chi connectivity index (χ0v) is 12.0. The summed E-state index contributed by atoms with van der Waals surface area (Å²) >= 11 is 1.51. The summed E-state index contributed by atoms with van der Waals surface area (Å²) in [6.07, 6.45) is 2.81. The molecule has 1 N–H and O–H groups in total. The number of nitrogens with one attached hydrogen (secondary N) is 1. The first-order valence-electron chi connectivity index (χ1n) is 6.61. The Kier molecular flexibility index (Phi) is 3.80. The molecule has 0 atom stereocenters. The summed E-state index contributed by atoms with van der Waals surface area (Å²) in [7, 11) is 0. The summed E-state index contributed by atoms with van der Waals surface area (Å²) in [5.74, 6) is 1.20. The van der Waals surface area contributed by atoms with Crippen molar-refractivity contribution in [3.8, 4) is 10.6 Å². The van der Waals surface area contributed by atoms with Crippen molar-refractivity contribution in [2.75, 3.05) is 6.54 Å². The van der Waals surface area contributed by atoms with Crippen LogP contribution in [0.2, 0.25) is 0 Å². The molecule has 3 aromatic rings. The van der Waals surface area contributed by atoms with Crippen molar-refractivity contribution in [2.24, 2.45) is 0 Å². The average Bonchev–Trinajstić information content (AvgIpc) is 3.04. The van der Waals surface area contributed by atoms with Gasteiger partial charge in [-0.15, -0.1) is 11.3 Å². The van der Waals surface area contributed by atoms with Crippen LogP contribution in [0, 0.1) is 5.82 Å². The number of aromatic nitrogens is 1. The molecule has 0 unspecified atom stereocenters. The minimum absolute atomic E-state index is 0.215. The van der Waals surface area contributed by atoms with Crippen molar-refractivity contribution >= 4 is 21.4 Å². The molecule has 0 radical (unpaired) electrons. The highest BCUT2D eigenvalue weighted by Gasteiger charge is 2.10. The van der Waals surface area contributed by atoms with Crippen molar-refractivity contribution in [3.05, 3.63) is 42.2 Å². The van der Waals surface area contributed by atoms with Crippen LogP contribution in [0.5, 0.6) is 0 Å².